The molecule has 0 radical (unpaired) electrons. The number of methoxy groups -OCH3 is 1. The molecule has 1 heterocycles. The lowest BCUT2D eigenvalue weighted by Crippen LogP contribution is -2.42. The highest BCUT2D eigenvalue weighted by molar-refractivity contribution is 5.85. The van der Waals surface area contributed by atoms with Crippen LogP contribution in [0.5, 0.6) is 5.75 Å². The summed E-state index contributed by atoms with van der Waals surface area (Å²) in [7, 11) is 4.03. The summed E-state index contributed by atoms with van der Waals surface area (Å²) in [6.45, 7) is 1.10. The molecule has 2 aliphatic rings. The van der Waals surface area contributed by atoms with Crippen molar-refractivity contribution in [3.63, 3.8) is 0 Å². The van der Waals surface area contributed by atoms with Gasteiger partial charge in [0.2, 0.25) is 0 Å². The van der Waals surface area contributed by atoms with Crippen LogP contribution in [0.15, 0.2) is 18.2 Å². The second kappa shape index (κ2) is 5.50. The normalized spacial score (nSPS) is 26.8. The molecule has 1 aromatic rings. The Morgan fingerprint density at radius 1 is 1.22 bits per heavy atom. The number of halogens is 1. The van der Waals surface area contributed by atoms with E-state index in [9.17, 15) is 0 Å². The van der Waals surface area contributed by atoms with Crippen LogP contribution >= 0.6 is 12.4 Å². The third kappa shape index (κ3) is 2.24. The Labute approximate surface area is 116 Å². The lowest BCUT2D eigenvalue weighted by atomic mass is 9.75. The molecule has 0 bridgehead atoms. The molecule has 1 aliphatic heterocycles. The SMILES string of the molecule is COc1ccc2c(c1)C1CCCCC1N(C)C2.Cl. The van der Waals surface area contributed by atoms with Crippen molar-refractivity contribution in [1.29, 1.82) is 0 Å². The Hall–Kier alpha value is -0.730. The maximum atomic E-state index is 5.37. The molecular weight excluding hydrogens is 246 g/mol. The van der Waals surface area contributed by atoms with E-state index < -0.39 is 0 Å². The van der Waals surface area contributed by atoms with Gasteiger partial charge >= 0.3 is 0 Å². The lowest BCUT2D eigenvalue weighted by molar-refractivity contribution is 0.143. The van der Waals surface area contributed by atoms with E-state index in [1.807, 2.05) is 0 Å². The molecule has 1 fully saturated rings. The number of benzene rings is 1. The quantitative estimate of drug-likeness (QED) is 0.771. The Kier molecular flexibility index (Phi) is 4.18. The minimum Gasteiger partial charge on any atom is -0.497 e. The number of ether oxygens (including phenoxy) is 1. The van der Waals surface area contributed by atoms with Gasteiger partial charge in [0.15, 0.2) is 0 Å². The highest BCUT2D eigenvalue weighted by Crippen LogP contribution is 2.42. The molecule has 0 N–H and O–H groups in total. The summed E-state index contributed by atoms with van der Waals surface area (Å²) < 4.78 is 5.37. The monoisotopic (exact) mass is 267 g/mol. The zero-order valence-electron chi connectivity index (χ0n) is 11.2. The van der Waals surface area contributed by atoms with Gasteiger partial charge in [0.05, 0.1) is 7.11 Å². The highest BCUT2D eigenvalue weighted by atomic mass is 35.5. The van der Waals surface area contributed by atoms with Crippen molar-refractivity contribution in [2.45, 2.75) is 44.2 Å². The van der Waals surface area contributed by atoms with Gasteiger partial charge in [-0.25, -0.2) is 0 Å². The van der Waals surface area contributed by atoms with E-state index in [0.29, 0.717) is 0 Å². The van der Waals surface area contributed by atoms with Gasteiger partial charge in [-0.1, -0.05) is 18.9 Å². The summed E-state index contributed by atoms with van der Waals surface area (Å²) in [6.07, 6.45) is 5.48. The number of rotatable bonds is 1. The third-order valence-corrected chi connectivity index (χ3v) is 4.47. The van der Waals surface area contributed by atoms with Gasteiger partial charge in [-0.2, -0.15) is 0 Å². The highest BCUT2D eigenvalue weighted by Gasteiger charge is 2.34. The minimum absolute atomic E-state index is 0. The van der Waals surface area contributed by atoms with E-state index in [2.05, 4.69) is 30.1 Å². The van der Waals surface area contributed by atoms with Crippen molar-refractivity contribution in [3.8, 4) is 5.75 Å². The smallest absolute Gasteiger partial charge is 0.119 e. The van der Waals surface area contributed by atoms with Gasteiger partial charge in [0.1, 0.15) is 5.75 Å². The number of hydrogen-bond donors (Lipinski definition) is 0. The largest absolute Gasteiger partial charge is 0.497 e. The fraction of sp³-hybridized carbons (Fsp3) is 0.600. The van der Waals surface area contributed by atoms with Crippen molar-refractivity contribution in [3.05, 3.63) is 29.3 Å². The van der Waals surface area contributed by atoms with Gasteiger partial charge in [0, 0.05) is 12.6 Å². The van der Waals surface area contributed by atoms with Crippen molar-refractivity contribution in [1.82, 2.24) is 4.90 Å². The molecule has 100 valence electrons. The molecule has 3 heteroatoms. The van der Waals surface area contributed by atoms with Crippen LogP contribution in [0.3, 0.4) is 0 Å². The zero-order chi connectivity index (χ0) is 11.8. The minimum atomic E-state index is 0. The molecule has 0 spiro atoms. The summed E-state index contributed by atoms with van der Waals surface area (Å²) in [5.41, 5.74) is 3.05. The molecule has 2 atom stereocenters. The number of nitrogens with zero attached hydrogens (tertiary/aromatic N) is 1. The first kappa shape index (κ1) is 13.7. The summed E-state index contributed by atoms with van der Waals surface area (Å²) in [5, 5.41) is 0. The van der Waals surface area contributed by atoms with E-state index in [1.165, 1.54) is 31.2 Å². The van der Waals surface area contributed by atoms with Gasteiger partial charge in [0.25, 0.3) is 0 Å². The summed E-state index contributed by atoms with van der Waals surface area (Å²) in [6, 6.07) is 7.36. The molecule has 0 aromatic heterocycles. The van der Waals surface area contributed by atoms with E-state index in [1.54, 1.807) is 12.7 Å². The van der Waals surface area contributed by atoms with Gasteiger partial charge in [-0.3, -0.25) is 4.90 Å². The average Bonchev–Trinajstić information content (AvgIpc) is 2.39. The maximum absolute atomic E-state index is 5.37. The predicted molar refractivity (Wildman–Crippen MR) is 76.7 cm³/mol. The number of likely N-dealkylation sites (N-methyl/N-ethyl adjacent to an activating group) is 1. The molecule has 18 heavy (non-hydrogen) atoms. The van der Waals surface area contributed by atoms with Crippen LogP contribution in [0.25, 0.3) is 0 Å². The van der Waals surface area contributed by atoms with E-state index in [4.69, 9.17) is 4.74 Å². The topological polar surface area (TPSA) is 12.5 Å². The van der Waals surface area contributed by atoms with Crippen LogP contribution in [-0.2, 0) is 6.54 Å². The molecule has 2 nitrogen and oxygen atoms in total. The van der Waals surface area contributed by atoms with Crippen molar-refractivity contribution in [2.75, 3.05) is 14.2 Å². The van der Waals surface area contributed by atoms with Gasteiger partial charge in [-0.05, 0) is 49.1 Å². The number of hydrogen-bond acceptors (Lipinski definition) is 2. The predicted octanol–water partition coefficient (Wildman–Crippen LogP) is 3.59. The molecule has 3 rings (SSSR count). The Balaban J connectivity index is 0.00000120. The molecular formula is C15H22ClNO. The second-order valence-electron chi connectivity index (χ2n) is 5.44. The van der Waals surface area contributed by atoms with Gasteiger partial charge < -0.3 is 4.74 Å². The van der Waals surface area contributed by atoms with Gasteiger partial charge in [-0.15, -0.1) is 12.4 Å². The molecule has 0 amide bonds. The van der Waals surface area contributed by atoms with E-state index in [0.717, 1.165) is 24.3 Å². The van der Waals surface area contributed by atoms with E-state index in [-0.39, 0.29) is 12.4 Å². The fourth-order valence-electron chi connectivity index (χ4n) is 3.58. The summed E-state index contributed by atoms with van der Waals surface area (Å²) >= 11 is 0. The first-order valence-electron chi connectivity index (χ1n) is 6.66. The van der Waals surface area contributed by atoms with Crippen molar-refractivity contribution < 1.29 is 4.74 Å². The Bertz CT molecular complexity index is 421. The Morgan fingerprint density at radius 3 is 2.78 bits per heavy atom. The van der Waals surface area contributed by atoms with Crippen molar-refractivity contribution >= 4 is 12.4 Å². The molecule has 2 unspecified atom stereocenters. The first-order chi connectivity index (χ1) is 8.29. The standard InChI is InChI=1S/C15H21NO.ClH/c1-16-10-11-7-8-12(17-2)9-14(11)13-5-3-4-6-15(13)16;/h7-9,13,15H,3-6,10H2,1-2H3;1H. The average molecular weight is 268 g/mol. The summed E-state index contributed by atoms with van der Waals surface area (Å²) in [5.74, 6) is 1.74. The number of fused-ring (bicyclic) bond motifs is 3. The lowest BCUT2D eigenvalue weighted by Gasteiger charge is -2.43. The van der Waals surface area contributed by atoms with Crippen LogP contribution in [-0.4, -0.2) is 25.1 Å². The van der Waals surface area contributed by atoms with Crippen LogP contribution in [0.1, 0.15) is 42.7 Å². The second-order valence-corrected chi connectivity index (χ2v) is 5.44. The molecule has 1 aromatic carbocycles. The molecule has 1 saturated carbocycles. The van der Waals surface area contributed by atoms with Crippen LogP contribution in [0.4, 0.5) is 0 Å². The zero-order valence-corrected chi connectivity index (χ0v) is 12.0. The van der Waals surface area contributed by atoms with Crippen LogP contribution in [0, 0.1) is 0 Å². The first-order valence-corrected chi connectivity index (χ1v) is 6.66. The third-order valence-electron chi connectivity index (χ3n) is 4.47. The van der Waals surface area contributed by atoms with E-state index >= 15 is 0 Å². The van der Waals surface area contributed by atoms with Crippen molar-refractivity contribution in [2.24, 2.45) is 0 Å². The maximum Gasteiger partial charge on any atom is 0.119 e. The molecule has 0 saturated heterocycles. The fourth-order valence-corrected chi connectivity index (χ4v) is 3.58. The summed E-state index contributed by atoms with van der Waals surface area (Å²) in [4.78, 5) is 2.54. The van der Waals surface area contributed by atoms with Crippen LogP contribution in [0.2, 0.25) is 0 Å². The Morgan fingerprint density at radius 2 is 2.00 bits per heavy atom. The molecule has 1 aliphatic carbocycles. The van der Waals surface area contributed by atoms with Crippen LogP contribution < -0.4 is 4.74 Å².